The van der Waals surface area contributed by atoms with Crippen molar-refractivity contribution in [3.8, 4) is 0 Å². The second-order valence-electron chi connectivity index (χ2n) is 3.02. The molecule has 0 amide bonds. The first-order chi connectivity index (χ1) is 5.35. The Hall–Kier alpha value is -0.520. The van der Waals surface area contributed by atoms with E-state index in [2.05, 4.69) is 20.1 Å². The van der Waals surface area contributed by atoms with Crippen molar-refractivity contribution in [1.82, 2.24) is 0 Å². The standard InChI is InChI=1S/C11H20/c1-4-7-8-10-11(6-3)9-5-2/h4-5,11H,1-2,6-10H2,3H3. The predicted octanol–water partition coefficient (Wildman–Crippen LogP) is 3.95. The second kappa shape index (κ2) is 7.59. The molecule has 0 heteroatoms. The molecule has 1 atom stereocenters. The molecule has 1 unspecified atom stereocenters. The molecule has 0 aliphatic carbocycles. The summed E-state index contributed by atoms with van der Waals surface area (Å²) in [4.78, 5) is 0. The molecule has 0 aliphatic rings. The van der Waals surface area contributed by atoms with Gasteiger partial charge in [0, 0.05) is 0 Å². The van der Waals surface area contributed by atoms with Crippen LogP contribution in [0.4, 0.5) is 0 Å². The molecule has 0 heterocycles. The minimum absolute atomic E-state index is 0.854. The molecule has 0 nitrogen and oxygen atoms in total. The van der Waals surface area contributed by atoms with E-state index in [0.29, 0.717) is 0 Å². The third kappa shape index (κ3) is 5.90. The van der Waals surface area contributed by atoms with Crippen LogP contribution in [-0.2, 0) is 0 Å². The summed E-state index contributed by atoms with van der Waals surface area (Å²) >= 11 is 0. The van der Waals surface area contributed by atoms with E-state index < -0.39 is 0 Å². The summed E-state index contributed by atoms with van der Waals surface area (Å²) in [6, 6.07) is 0. The molecule has 11 heavy (non-hydrogen) atoms. The molecule has 0 aromatic carbocycles. The Morgan fingerprint density at radius 3 is 2.45 bits per heavy atom. The SMILES string of the molecule is C=CCCCC(CC)CC=C. The first-order valence-corrected chi connectivity index (χ1v) is 4.56. The monoisotopic (exact) mass is 152 g/mol. The number of rotatable bonds is 7. The zero-order chi connectivity index (χ0) is 8.53. The van der Waals surface area contributed by atoms with Gasteiger partial charge >= 0.3 is 0 Å². The summed E-state index contributed by atoms with van der Waals surface area (Å²) in [5.74, 6) is 0.854. The van der Waals surface area contributed by atoms with Crippen molar-refractivity contribution in [2.24, 2.45) is 5.92 Å². The van der Waals surface area contributed by atoms with Crippen LogP contribution in [0, 0.1) is 5.92 Å². The van der Waals surface area contributed by atoms with Crippen LogP contribution in [0.2, 0.25) is 0 Å². The van der Waals surface area contributed by atoms with Crippen molar-refractivity contribution in [3.05, 3.63) is 25.3 Å². The Bertz CT molecular complexity index is 103. The van der Waals surface area contributed by atoms with Gasteiger partial charge in [0.25, 0.3) is 0 Å². The fourth-order valence-electron chi connectivity index (χ4n) is 1.28. The van der Waals surface area contributed by atoms with Gasteiger partial charge in [0.1, 0.15) is 0 Å². The maximum atomic E-state index is 3.76. The average molecular weight is 152 g/mol. The van der Waals surface area contributed by atoms with Crippen LogP contribution in [0.5, 0.6) is 0 Å². The highest BCUT2D eigenvalue weighted by molar-refractivity contribution is 4.74. The lowest BCUT2D eigenvalue weighted by molar-refractivity contribution is 0.462. The molecule has 0 saturated heterocycles. The van der Waals surface area contributed by atoms with Crippen molar-refractivity contribution in [1.29, 1.82) is 0 Å². The highest BCUT2D eigenvalue weighted by Gasteiger charge is 2.01. The lowest BCUT2D eigenvalue weighted by Crippen LogP contribution is -1.96. The van der Waals surface area contributed by atoms with Crippen LogP contribution in [0.15, 0.2) is 25.3 Å². The summed E-state index contributed by atoms with van der Waals surface area (Å²) < 4.78 is 0. The third-order valence-corrected chi connectivity index (χ3v) is 2.10. The largest absolute Gasteiger partial charge is 0.103 e. The normalized spacial score (nSPS) is 12.5. The van der Waals surface area contributed by atoms with Crippen molar-refractivity contribution < 1.29 is 0 Å². The molecule has 0 rings (SSSR count). The van der Waals surface area contributed by atoms with Gasteiger partial charge < -0.3 is 0 Å². The smallest absolute Gasteiger partial charge is 0.0325 e. The molecular formula is C11H20. The lowest BCUT2D eigenvalue weighted by atomic mass is 9.96. The first kappa shape index (κ1) is 10.5. The summed E-state index contributed by atoms with van der Waals surface area (Å²) in [6.45, 7) is 9.72. The molecule has 0 fully saturated rings. The predicted molar refractivity (Wildman–Crippen MR) is 52.6 cm³/mol. The molecule has 0 aromatic rings. The van der Waals surface area contributed by atoms with E-state index in [1.54, 1.807) is 0 Å². The zero-order valence-electron chi connectivity index (χ0n) is 7.68. The van der Waals surface area contributed by atoms with Crippen LogP contribution >= 0.6 is 0 Å². The van der Waals surface area contributed by atoms with Crippen LogP contribution in [0.25, 0.3) is 0 Å². The minimum atomic E-state index is 0.854. The van der Waals surface area contributed by atoms with Crippen LogP contribution in [-0.4, -0.2) is 0 Å². The van der Waals surface area contributed by atoms with Crippen LogP contribution in [0.1, 0.15) is 39.0 Å². The van der Waals surface area contributed by atoms with E-state index in [9.17, 15) is 0 Å². The lowest BCUT2D eigenvalue weighted by Gasteiger charge is -2.10. The van der Waals surface area contributed by atoms with Gasteiger partial charge in [-0.2, -0.15) is 0 Å². The second-order valence-corrected chi connectivity index (χ2v) is 3.02. The van der Waals surface area contributed by atoms with E-state index in [-0.39, 0.29) is 0 Å². The topological polar surface area (TPSA) is 0 Å². The maximum Gasteiger partial charge on any atom is -0.0325 e. The van der Waals surface area contributed by atoms with E-state index in [1.807, 2.05) is 12.2 Å². The number of hydrogen-bond acceptors (Lipinski definition) is 0. The molecule has 0 aliphatic heterocycles. The van der Waals surface area contributed by atoms with Gasteiger partial charge in [0.05, 0.1) is 0 Å². The van der Waals surface area contributed by atoms with Crippen molar-refractivity contribution in [3.63, 3.8) is 0 Å². The molecular weight excluding hydrogens is 132 g/mol. The fourth-order valence-corrected chi connectivity index (χ4v) is 1.28. The van der Waals surface area contributed by atoms with Crippen molar-refractivity contribution >= 4 is 0 Å². The summed E-state index contributed by atoms with van der Waals surface area (Å²) in [7, 11) is 0. The number of allylic oxidation sites excluding steroid dienone is 2. The van der Waals surface area contributed by atoms with E-state index >= 15 is 0 Å². The Morgan fingerprint density at radius 1 is 1.27 bits per heavy atom. The van der Waals surface area contributed by atoms with E-state index in [4.69, 9.17) is 0 Å². The summed E-state index contributed by atoms with van der Waals surface area (Å²) in [5, 5.41) is 0. The van der Waals surface area contributed by atoms with Gasteiger partial charge in [0.15, 0.2) is 0 Å². The molecule has 0 spiro atoms. The molecule has 64 valence electrons. The highest BCUT2D eigenvalue weighted by Crippen LogP contribution is 2.16. The quantitative estimate of drug-likeness (QED) is 0.383. The van der Waals surface area contributed by atoms with E-state index in [0.717, 1.165) is 12.3 Å². The van der Waals surface area contributed by atoms with Crippen molar-refractivity contribution in [2.45, 2.75) is 39.0 Å². The maximum absolute atomic E-state index is 3.76. The Balaban J connectivity index is 3.34. The van der Waals surface area contributed by atoms with Crippen LogP contribution < -0.4 is 0 Å². The zero-order valence-corrected chi connectivity index (χ0v) is 7.68. The molecule has 0 N–H and O–H groups in total. The van der Waals surface area contributed by atoms with Crippen LogP contribution in [0.3, 0.4) is 0 Å². The van der Waals surface area contributed by atoms with Gasteiger partial charge in [-0.25, -0.2) is 0 Å². The highest BCUT2D eigenvalue weighted by atomic mass is 14.1. The molecule has 0 bridgehead atoms. The van der Waals surface area contributed by atoms with Crippen molar-refractivity contribution in [2.75, 3.05) is 0 Å². The Morgan fingerprint density at radius 2 is 2.00 bits per heavy atom. The average Bonchev–Trinajstić information content (AvgIpc) is 2.03. The minimum Gasteiger partial charge on any atom is -0.103 e. The summed E-state index contributed by atoms with van der Waals surface area (Å²) in [6.07, 6.45) is 10.3. The number of hydrogen-bond donors (Lipinski definition) is 0. The Labute approximate surface area is 71.0 Å². The Kier molecular flexibility index (Phi) is 7.23. The van der Waals surface area contributed by atoms with Gasteiger partial charge in [-0.1, -0.05) is 25.5 Å². The molecule has 0 aromatic heterocycles. The van der Waals surface area contributed by atoms with Gasteiger partial charge in [-0.15, -0.1) is 13.2 Å². The van der Waals surface area contributed by atoms with Gasteiger partial charge in [0.2, 0.25) is 0 Å². The van der Waals surface area contributed by atoms with Gasteiger partial charge in [-0.3, -0.25) is 0 Å². The van der Waals surface area contributed by atoms with Gasteiger partial charge in [-0.05, 0) is 31.6 Å². The summed E-state index contributed by atoms with van der Waals surface area (Å²) in [5.41, 5.74) is 0. The third-order valence-electron chi connectivity index (χ3n) is 2.10. The molecule has 0 radical (unpaired) electrons. The first-order valence-electron chi connectivity index (χ1n) is 4.56. The fraction of sp³-hybridized carbons (Fsp3) is 0.636. The van der Waals surface area contributed by atoms with E-state index in [1.165, 1.54) is 25.7 Å². The number of unbranched alkanes of at least 4 members (excludes halogenated alkanes) is 1. The molecule has 0 saturated carbocycles.